The van der Waals surface area contributed by atoms with Crippen LogP contribution in [-0.4, -0.2) is 19.2 Å². The zero-order valence-electron chi connectivity index (χ0n) is 20.3. The molecule has 0 fully saturated rings. The zero-order valence-corrected chi connectivity index (χ0v) is 20.3. The van der Waals surface area contributed by atoms with Gasteiger partial charge in [0.15, 0.2) is 0 Å². The summed E-state index contributed by atoms with van der Waals surface area (Å²) in [5.41, 5.74) is 8.35. The van der Waals surface area contributed by atoms with Gasteiger partial charge in [-0.2, -0.15) is 5.26 Å². The Bertz CT molecular complexity index is 1330. The lowest BCUT2D eigenvalue weighted by Crippen LogP contribution is -2.21. The first-order valence-corrected chi connectivity index (χ1v) is 11.9. The number of benzene rings is 3. The van der Waals surface area contributed by atoms with Crippen LogP contribution in [0.5, 0.6) is 23.0 Å². The third-order valence-electron chi connectivity index (χ3n) is 5.64. The molecular weight excluding hydrogens is 456 g/mol. The van der Waals surface area contributed by atoms with Gasteiger partial charge >= 0.3 is 5.97 Å². The van der Waals surface area contributed by atoms with Gasteiger partial charge in [-0.15, -0.1) is 0 Å². The van der Waals surface area contributed by atoms with Crippen molar-refractivity contribution >= 4 is 5.97 Å². The van der Waals surface area contributed by atoms with Gasteiger partial charge in [0.05, 0.1) is 24.7 Å². The van der Waals surface area contributed by atoms with Crippen molar-refractivity contribution in [2.45, 2.75) is 32.6 Å². The monoisotopic (exact) mass is 484 g/mol. The van der Waals surface area contributed by atoms with E-state index in [1.54, 1.807) is 42.5 Å². The number of fused-ring (bicyclic) bond motifs is 1. The largest absolute Gasteiger partial charge is 0.494 e. The van der Waals surface area contributed by atoms with Crippen LogP contribution in [-0.2, 0) is 0 Å². The van der Waals surface area contributed by atoms with Gasteiger partial charge in [0.2, 0.25) is 5.88 Å². The number of allylic oxidation sites excluding steroid dienone is 1. The summed E-state index contributed by atoms with van der Waals surface area (Å²) in [6.45, 7) is 5.16. The van der Waals surface area contributed by atoms with E-state index >= 15 is 0 Å². The average Bonchev–Trinajstić information content (AvgIpc) is 2.90. The molecule has 36 heavy (non-hydrogen) atoms. The summed E-state index contributed by atoms with van der Waals surface area (Å²) >= 11 is 0. The highest BCUT2D eigenvalue weighted by molar-refractivity contribution is 5.91. The van der Waals surface area contributed by atoms with Crippen LogP contribution < -0.4 is 24.7 Å². The number of rotatable bonds is 9. The maximum absolute atomic E-state index is 12.8. The Balaban J connectivity index is 1.64. The maximum Gasteiger partial charge on any atom is 0.343 e. The number of hydrogen-bond acceptors (Lipinski definition) is 7. The molecule has 0 radical (unpaired) electrons. The van der Waals surface area contributed by atoms with Gasteiger partial charge in [0.1, 0.15) is 34.6 Å². The molecule has 1 atom stereocenters. The third kappa shape index (κ3) is 5.28. The van der Waals surface area contributed by atoms with Crippen molar-refractivity contribution < 1.29 is 23.7 Å². The van der Waals surface area contributed by atoms with Crippen LogP contribution in [0.1, 0.15) is 54.1 Å². The zero-order chi connectivity index (χ0) is 25.5. The highest BCUT2D eigenvalue weighted by Gasteiger charge is 2.33. The van der Waals surface area contributed by atoms with Gasteiger partial charge in [-0.25, -0.2) is 4.79 Å². The highest BCUT2D eigenvalue weighted by Crippen LogP contribution is 2.46. The first kappa shape index (κ1) is 24.7. The van der Waals surface area contributed by atoms with Crippen LogP contribution in [0.25, 0.3) is 0 Å². The summed E-state index contributed by atoms with van der Waals surface area (Å²) in [7, 11) is 0. The van der Waals surface area contributed by atoms with Gasteiger partial charge in [-0.3, -0.25) is 0 Å². The van der Waals surface area contributed by atoms with E-state index in [-0.39, 0.29) is 5.88 Å². The van der Waals surface area contributed by atoms with Crippen LogP contribution in [0.2, 0.25) is 0 Å². The minimum Gasteiger partial charge on any atom is -0.494 e. The van der Waals surface area contributed by atoms with Crippen LogP contribution >= 0.6 is 0 Å². The molecule has 0 aromatic heterocycles. The van der Waals surface area contributed by atoms with Gasteiger partial charge in [0, 0.05) is 17.2 Å². The number of hydrogen-bond donors (Lipinski definition) is 1. The quantitative estimate of drug-likeness (QED) is 0.307. The summed E-state index contributed by atoms with van der Waals surface area (Å²) in [4.78, 5) is 12.8. The highest BCUT2D eigenvalue weighted by atomic mass is 16.5. The Morgan fingerprint density at radius 1 is 0.944 bits per heavy atom. The minimum absolute atomic E-state index is 0.00421. The first-order chi connectivity index (χ1) is 17.5. The lowest BCUT2D eigenvalue weighted by molar-refractivity contribution is 0.0734. The molecule has 1 heterocycles. The van der Waals surface area contributed by atoms with E-state index in [9.17, 15) is 10.1 Å². The van der Waals surface area contributed by atoms with Crippen molar-refractivity contribution in [3.63, 3.8) is 0 Å². The third-order valence-corrected chi connectivity index (χ3v) is 5.64. The Morgan fingerprint density at radius 3 is 2.50 bits per heavy atom. The topological polar surface area (TPSA) is 104 Å². The van der Waals surface area contributed by atoms with Crippen molar-refractivity contribution in [1.82, 2.24) is 0 Å². The SMILES string of the molecule is CCCOc1cccc(C(=O)Oc2ccc3c(c2)OC(N)=C(C#N)C3c2ccccc2OCCC)c1. The number of carbonyl (C=O) groups excluding carboxylic acids is 1. The van der Waals surface area contributed by atoms with Crippen LogP contribution in [0, 0.1) is 11.3 Å². The van der Waals surface area contributed by atoms with E-state index < -0.39 is 11.9 Å². The molecular formula is C29H28N2O5. The summed E-state index contributed by atoms with van der Waals surface area (Å²) in [6.07, 6.45) is 1.72. The summed E-state index contributed by atoms with van der Waals surface area (Å²) in [6, 6.07) is 21.7. The Morgan fingerprint density at radius 2 is 1.72 bits per heavy atom. The number of nitrogens with zero attached hydrogens (tertiary/aromatic N) is 1. The smallest absolute Gasteiger partial charge is 0.343 e. The summed E-state index contributed by atoms with van der Waals surface area (Å²) in [5, 5.41) is 9.87. The lowest BCUT2D eigenvalue weighted by atomic mass is 9.83. The van der Waals surface area contributed by atoms with Crippen molar-refractivity contribution in [3.05, 3.63) is 94.9 Å². The molecule has 3 aromatic rings. The molecule has 0 bridgehead atoms. The molecule has 0 amide bonds. The molecule has 0 saturated heterocycles. The van der Waals surface area contributed by atoms with Crippen molar-refractivity contribution in [2.75, 3.05) is 13.2 Å². The molecule has 2 N–H and O–H groups in total. The fraction of sp³-hybridized carbons (Fsp3) is 0.241. The average molecular weight is 485 g/mol. The minimum atomic E-state index is -0.524. The van der Waals surface area contributed by atoms with Crippen LogP contribution in [0.4, 0.5) is 0 Å². The van der Waals surface area contributed by atoms with Gasteiger partial charge < -0.3 is 24.7 Å². The van der Waals surface area contributed by atoms with E-state index in [1.165, 1.54) is 0 Å². The molecule has 4 rings (SSSR count). The molecule has 1 unspecified atom stereocenters. The number of carbonyl (C=O) groups is 1. The molecule has 0 aliphatic carbocycles. The molecule has 184 valence electrons. The van der Waals surface area contributed by atoms with E-state index in [0.29, 0.717) is 47.3 Å². The van der Waals surface area contributed by atoms with E-state index in [0.717, 1.165) is 24.0 Å². The van der Waals surface area contributed by atoms with Crippen molar-refractivity contribution in [3.8, 4) is 29.1 Å². The standard InChI is InChI=1S/C29H28N2O5/c1-3-14-33-20-9-7-8-19(16-20)29(32)35-21-12-13-23-26(17-21)36-28(31)24(18-30)27(23)22-10-5-6-11-25(22)34-15-4-2/h5-13,16-17,27H,3-4,14-15,31H2,1-2H3. The number of para-hydroxylation sites is 1. The second-order valence-corrected chi connectivity index (χ2v) is 8.28. The van der Waals surface area contributed by atoms with Crippen LogP contribution in [0.3, 0.4) is 0 Å². The van der Waals surface area contributed by atoms with Gasteiger partial charge in [-0.1, -0.05) is 44.2 Å². The first-order valence-electron chi connectivity index (χ1n) is 11.9. The Labute approximate surface area is 210 Å². The lowest BCUT2D eigenvalue weighted by Gasteiger charge is -2.28. The molecule has 1 aliphatic heterocycles. The molecule has 0 saturated carbocycles. The maximum atomic E-state index is 12.8. The molecule has 0 spiro atoms. The number of nitriles is 1. The summed E-state index contributed by atoms with van der Waals surface area (Å²) < 4.78 is 22.9. The van der Waals surface area contributed by atoms with Crippen molar-refractivity contribution in [2.24, 2.45) is 5.73 Å². The Hall–Kier alpha value is -4.44. The molecule has 7 heteroatoms. The van der Waals surface area contributed by atoms with Crippen LogP contribution in [0.15, 0.2) is 78.2 Å². The number of nitrogens with two attached hydrogens (primary N) is 1. The molecule has 3 aromatic carbocycles. The second-order valence-electron chi connectivity index (χ2n) is 8.28. The van der Waals surface area contributed by atoms with Gasteiger partial charge in [0.25, 0.3) is 0 Å². The molecule has 1 aliphatic rings. The Kier molecular flexibility index (Phi) is 7.76. The van der Waals surface area contributed by atoms with E-state index in [1.807, 2.05) is 38.1 Å². The predicted molar refractivity (Wildman–Crippen MR) is 135 cm³/mol. The predicted octanol–water partition coefficient (Wildman–Crippen LogP) is 5.70. The van der Waals surface area contributed by atoms with Crippen molar-refractivity contribution in [1.29, 1.82) is 5.26 Å². The number of esters is 1. The fourth-order valence-electron chi connectivity index (χ4n) is 3.98. The summed E-state index contributed by atoms with van der Waals surface area (Å²) in [5.74, 6) is 0.984. The second kappa shape index (κ2) is 11.3. The normalized spacial score (nSPS) is 14.3. The van der Waals surface area contributed by atoms with E-state index in [2.05, 4.69) is 6.07 Å². The van der Waals surface area contributed by atoms with E-state index in [4.69, 9.17) is 24.7 Å². The fourth-order valence-corrected chi connectivity index (χ4v) is 3.98. The number of ether oxygens (including phenoxy) is 4. The van der Waals surface area contributed by atoms with Gasteiger partial charge in [-0.05, 0) is 43.2 Å². The molecule has 7 nitrogen and oxygen atoms in total.